The van der Waals surface area contributed by atoms with Crippen molar-refractivity contribution in [2.45, 2.75) is 47.0 Å². The molecule has 0 saturated carbocycles. The Bertz CT molecular complexity index is 55.1. The van der Waals surface area contributed by atoms with Gasteiger partial charge < -0.3 is 5.92 Å². The van der Waals surface area contributed by atoms with Gasteiger partial charge in [-0.2, -0.15) is 19.8 Å². The lowest BCUT2D eigenvalue weighted by molar-refractivity contribution is 0.483. The van der Waals surface area contributed by atoms with Crippen LogP contribution < -0.4 is 0 Å². The predicted molar refractivity (Wildman–Crippen MR) is 43.3 cm³/mol. The van der Waals surface area contributed by atoms with Crippen LogP contribution in [0, 0.1) is 11.8 Å². The maximum Gasteiger partial charge on any atom is -0.0583 e. The number of hydrogen-bond acceptors (Lipinski definition) is 0. The van der Waals surface area contributed by atoms with Crippen molar-refractivity contribution in [2.75, 3.05) is 0 Å². The van der Waals surface area contributed by atoms with Crippen LogP contribution in [0.25, 0.3) is 0 Å². The van der Waals surface area contributed by atoms with Gasteiger partial charge in [0.1, 0.15) is 0 Å². The molecule has 0 nitrogen and oxygen atoms in total. The summed E-state index contributed by atoms with van der Waals surface area (Å²) in [7, 11) is 0. The molecular formula is C9H19-. The van der Waals surface area contributed by atoms with Crippen LogP contribution in [0.5, 0.6) is 0 Å². The molecule has 0 spiro atoms. The van der Waals surface area contributed by atoms with E-state index in [2.05, 4.69) is 27.7 Å². The molecule has 0 saturated heterocycles. The smallest absolute Gasteiger partial charge is 0.0583 e. The molecule has 0 fully saturated rings. The lowest BCUT2D eigenvalue weighted by Gasteiger charge is -2.30. The van der Waals surface area contributed by atoms with Crippen molar-refractivity contribution in [3.05, 3.63) is 5.92 Å². The molecule has 9 heavy (non-hydrogen) atoms. The van der Waals surface area contributed by atoms with E-state index in [1.165, 1.54) is 19.3 Å². The van der Waals surface area contributed by atoms with Crippen LogP contribution in [0.1, 0.15) is 47.0 Å². The molecule has 56 valence electrons. The van der Waals surface area contributed by atoms with E-state index in [4.69, 9.17) is 0 Å². The number of hydrogen-bond donors (Lipinski definition) is 0. The lowest BCUT2D eigenvalue weighted by Crippen LogP contribution is -2.04. The van der Waals surface area contributed by atoms with E-state index in [0.29, 0.717) is 0 Å². The second kappa shape index (κ2) is 4.84. The topological polar surface area (TPSA) is 0 Å². The van der Waals surface area contributed by atoms with Gasteiger partial charge in [0.05, 0.1) is 0 Å². The molecular weight excluding hydrogens is 108 g/mol. The Morgan fingerprint density at radius 1 is 1.22 bits per heavy atom. The van der Waals surface area contributed by atoms with Gasteiger partial charge in [-0.25, -0.2) is 0 Å². The Balaban J connectivity index is 3.41. The van der Waals surface area contributed by atoms with E-state index in [-0.39, 0.29) is 0 Å². The summed E-state index contributed by atoms with van der Waals surface area (Å²) >= 11 is 0. The van der Waals surface area contributed by atoms with Crippen molar-refractivity contribution in [1.29, 1.82) is 0 Å². The first-order chi connectivity index (χ1) is 4.22. The Hall–Kier alpha value is 0. The monoisotopic (exact) mass is 127 g/mol. The summed E-state index contributed by atoms with van der Waals surface area (Å²) in [6, 6.07) is 0. The minimum Gasteiger partial charge on any atom is -0.317 e. The first-order valence-electron chi connectivity index (χ1n) is 4.02. The molecule has 0 heterocycles. The highest BCUT2D eigenvalue weighted by atomic mass is 14.1. The third-order valence-electron chi connectivity index (χ3n) is 1.95. The fourth-order valence-corrected chi connectivity index (χ4v) is 1.25. The van der Waals surface area contributed by atoms with Gasteiger partial charge in [0.2, 0.25) is 0 Å². The third-order valence-corrected chi connectivity index (χ3v) is 1.95. The molecule has 0 radical (unpaired) electrons. The molecule has 0 aliphatic rings. The second-order valence-electron chi connectivity index (χ2n) is 2.97. The van der Waals surface area contributed by atoms with Crippen LogP contribution in [0.3, 0.4) is 0 Å². The van der Waals surface area contributed by atoms with Gasteiger partial charge in [-0.3, -0.25) is 0 Å². The van der Waals surface area contributed by atoms with Gasteiger partial charge in [-0.1, -0.05) is 33.1 Å². The summed E-state index contributed by atoms with van der Waals surface area (Å²) < 4.78 is 0. The van der Waals surface area contributed by atoms with Crippen molar-refractivity contribution < 1.29 is 0 Å². The molecule has 1 atom stereocenters. The van der Waals surface area contributed by atoms with E-state index in [1.54, 1.807) is 5.92 Å². The van der Waals surface area contributed by atoms with Crippen molar-refractivity contribution in [3.63, 3.8) is 0 Å². The molecule has 0 aliphatic carbocycles. The lowest BCUT2D eigenvalue weighted by atomic mass is 9.89. The molecule has 0 heteroatoms. The van der Waals surface area contributed by atoms with E-state index < -0.39 is 0 Å². The van der Waals surface area contributed by atoms with Crippen molar-refractivity contribution in [3.8, 4) is 0 Å². The summed E-state index contributed by atoms with van der Waals surface area (Å²) in [5.41, 5.74) is 0. The van der Waals surface area contributed by atoms with Crippen LogP contribution in [0.4, 0.5) is 0 Å². The zero-order valence-corrected chi connectivity index (χ0v) is 7.20. The first kappa shape index (κ1) is 9.00. The SMILES string of the molecule is CCCC(CC)[C-](C)C. The largest absolute Gasteiger partial charge is 0.317 e. The van der Waals surface area contributed by atoms with E-state index in [1.807, 2.05) is 0 Å². The van der Waals surface area contributed by atoms with Crippen molar-refractivity contribution >= 4 is 0 Å². The molecule has 0 aromatic rings. The van der Waals surface area contributed by atoms with E-state index >= 15 is 0 Å². The first-order valence-corrected chi connectivity index (χ1v) is 4.02. The quantitative estimate of drug-likeness (QED) is 0.507. The van der Waals surface area contributed by atoms with Gasteiger partial charge >= 0.3 is 0 Å². The molecule has 0 amide bonds. The fourth-order valence-electron chi connectivity index (χ4n) is 1.25. The molecule has 0 aromatic heterocycles. The second-order valence-corrected chi connectivity index (χ2v) is 2.97. The van der Waals surface area contributed by atoms with E-state index in [0.717, 1.165) is 5.92 Å². The Labute approximate surface area is 59.7 Å². The highest BCUT2D eigenvalue weighted by molar-refractivity contribution is 4.85. The average Bonchev–Trinajstić information content (AvgIpc) is 1.82. The Morgan fingerprint density at radius 3 is 1.89 bits per heavy atom. The minimum atomic E-state index is 0.884. The van der Waals surface area contributed by atoms with Gasteiger partial charge in [0, 0.05) is 0 Å². The minimum absolute atomic E-state index is 0.884. The summed E-state index contributed by atoms with van der Waals surface area (Å²) in [4.78, 5) is 0. The van der Waals surface area contributed by atoms with Crippen LogP contribution in [0.2, 0.25) is 0 Å². The summed E-state index contributed by atoms with van der Waals surface area (Å²) in [5, 5.41) is 0. The summed E-state index contributed by atoms with van der Waals surface area (Å²) in [6.07, 6.45) is 4.01. The zero-order chi connectivity index (χ0) is 7.28. The fraction of sp³-hybridized carbons (Fsp3) is 0.889. The predicted octanol–water partition coefficient (Wildman–Crippen LogP) is 3.43. The average molecular weight is 127 g/mol. The maximum atomic E-state index is 2.27. The molecule has 0 N–H and O–H groups in total. The van der Waals surface area contributed by atoms with Crippen LogP contribution in [0.15, 0.2) is 0 Å². The maximum absolute atomic E-state index is 2.27. The highest BCUT2D eigenvalue weighted by Gasteiger charge is 1.96. The van der Waals surface area contributed by atoms with Crippen LogP contribution >= 0.6 is 0 Å². The molecule has 1 unspecified atom stereocenters. The zero-order valence-electron chi connectivity index (χ0n) is 7.20. The van der Waals surface area contributed by atoms with Gasteiger partial charge in [-0.05, 0) is 0 Å². The van der Waals surface area contributed by atoms with Gasteiger partial charge in [-0.15, -0.1) is 0 Å². The standard InChI is InChI=1S/C9H19/c1-5-7-9(6-2)8(3)4/h9H,5-7H2,1-4H3/q-1. The molecule has 0 bridgehead atoms. The summed E-state index contributed by atoms with van der Waals surface area (Å²) in [6.45, 7) is 9.01. The van der Waals surface area contributed by atoms with Crippen molar-refractivity contribution in [2.24, 2.45) is 5.92 Å². The summed E-state index contributed by atoms with van der Waals surface area (Å²) in [5.74, 6) is 2.48. The van der Waals surface area contributed by atoms with Gasteiger partial charge in [0.25, 0.3) is 0 Å². The third kappa shape index (κ3) is 3.56. The van der Waals surface area contributed by atoms with E-state index in [9.17, 15) is 0 Å². The number of rotatable bonds is 4. The Morgan fingerprint density at radius 2 is 1.78 bits per heavy atom. The molecule has 0 aromatic carbocycles. The van der Waals surface area contributed by atoms with Gasteiger partial charge in [0.15, 0.2) is 0 Å². The van der Waals surface area contributed by atoms with Crippen LogP contribution in [-0.4, -0.2) is 0 Å². The highest BCUT2D eigenvalue weighted by Crippen LogP contribution is 2.21. The molecule has 0 rings (SSSR count). The van der Waals surface area contributed by atoms with Crippen molar-refractivity contribution in [1.82, 2.24) is 0 Å². The molecule has 0 aliphatic heterocycles. The van der Waals surface area contributed by atoms with Crippen LogP contribution in [-0.2, 0) is 0 Å². The Kier molecular flexibility index (Phi) is 4.84. The normalized spacial score (nSPS) is 14.3.